The molecule has 0 aromatic rings. The third kappa shape index (κ3) is 9.11. The number of ether oxygens (including phenoxy) is 2. The van der Waals surface area contributed by atoms with Gasteiger partial charge in [-0.3, -0.25) is 0 Å². The highest BCUT2D eigenvalue weighted by atomic mass is 28.4. The summed E-state index contributed by atoms with van der Waals surface area (Å²) in [4.78, 5) is 25.1. The van der Waals surface area contributed by atoms with Crippen LogP contribution < -0.4 is 0 Å². The van der Waals surface area contributed by atoms with Gasteiger partial charge in [0.25, 0.3) is 0 Å². The van der Waals surface area contributed by atoms with Crippen molar-refractivity contribution < 1.29 is 27.9 Å². The summed E-state index contributed by atoms with van der Waals surface area (Å²) in [6.07, 6.45) is 1.68. The van der Waals surface area contributed by atoms with Crippen LogP contribution in [-0.2, 0) is 27.9 Å². The van der Waals surface area contributed by atoms with Crippen molar-refractivity contribution in [1.29, 1.82) is 0 Å². The molecule has 0 fully saturated rings. The molecule has 0 N–H and O–H groups in total. The molecule has 0 aliphatic heterocycles. The number of hydrogen-bond acceptors (Lipinski definition) is 6. The van der Waals surface area contributed by atoms with Crippen molar-refractivity contribution in [3.63, 3.8) is 0 Å². The second kappa shape index (κ2) is 11.9. The van der Waals surface area contributed by atoms with Crippen molar-refractivity contribution in [3.05, 3.63) is 12.2 Å². The van der Waals surface area contributed by atoms with Crippen LogP contribution in [0.5, 0.6) is 0 Å². The fourth-order valence-corrected chi connectivity index (χ4v) is 5.05. The van der Waals surface area contributed by atoms with Crippen LogP contribution in [0.2, 0.25) is 36.3 Å². The summed E-state index contributed by atoms with van der Waals surface area (Å²) in [6.45, 7) is 27.5. The molecule has 6 nitrogen and oxygen atoms in total. The molecule has 0 saturated heterocycles. The quantitative estimate of drug-likeness (QED) is 0.199. The summed E-state index contributed by atoms with van der Waals surface area (Å²) in [5.74, 6) is -1.10. The minimum Gasteiger partial charge on any atom is -0.464 e. The van der Waals surface area contributed by atoms with Gasteiger partial charge in [-0.2, -0.15) is 0 Å². The molecule has 0 heterocycles. The number of rotatable bonds is 11. The standard InChI is InChI=1S/C24H48O6Si2/c1-14-27-19(25)17-16-18(3)20(29-31(10,11)23(4,5)6)21(22(26)28-15-2)30-32(12,13)24(7,8)9/h16-18,20-21H,14-15H2,1-13H3/b17-16+/t18-,20-,21+/m0/s1. The molecule has 0 saturated carbocycles. The van der Waals surface area contributed by atoms with Crippen molar-refractivity contribution in [3.8, 4) is 0 Å². The molecular formula is C24H48O6Si2. The smallest absolute Gasteiger partial charge is 0.336 e. The van der Waals surface area contributed by atoms with Gasteiger partial charge in [0.05, 0.1) is 19.3 Å². The highest BCUT2D eigenvalue weighted by Gasteiger charge is 2.48. The Morgan fingerprint density at radius 1 is 0.812 bits per heavy atom. The Hall–Kier alpha value is -0.966. The second-order valence-electron chi connectivity index (χ2n) is 11.4. The van der Waals surface area contributed by atoms with Gasteiger partial charge in [0.1, 0.15) is 0 Å². The topological polar surface area (TPSA) is 71.1 Å². The molecule has 188 valence electrons. The minimum absolute atomic E-state index is 0.0635. The summed E-state index contributed by atoms with van der Waals surface area (Å²) in [5, 5.41) is -0.157. The summed E-state index contributed by atoms with van der Waals surface area (Å²) in [7, 11) is -4.61. The Morgan fingerprint density at radius 3 is 1.66 bits per heavy atom. The number of hydrogen-bond donors (Lipinski definition) is 0. The van der Waals surface area contributed by atoms with E-state index in [0.717, 1.165) is 0 Å². The Balaban J connectivity index is 6.37. The summed E-state index contributed by atoms with van der Waals surface area (Å²) >= 11 is 0. The molecule has 0 amide bonds. The van der Waals surface area contributed by atoms with Crippen molar-refractivity contribution in [2.24, 2.45) is 5.92 Å². The van der Waals surface area contributed by atoms with E-state index in [2.05, 4.69) is 67.7 Å². The third-order valence-electron chi connectivity index (χ3n) is 6.62. The lowest BCUT2D eigenvalue weighted by Gasteiger charge is -2.45. The molecule has 3 atom stereocenters. The van der Waals surface area contributed by atoms with Crippen LogP contribution in [0.15, 0.2) is 12.2 Å². The molecule has 0 bridgehead atoms. The molecule has 32 heavy (non-hydrogen) atoms. The zero-order valence-corrected chi connectivity index (χ0v) is 24.8. The van der Waals surface area contributed by atoms with Crippen molar-refractivity contribution in [2.45, 2.75) is 111 Å². The Labute approximate surface area is 198 Å². The predicted molar refractivity (Wildman–Crippen MR) is 136 cm³/mol. The van der Waals surface area contributed by atoms with Gasteiger partial charge in [0.2, 0.25) is 0 Å². The number of carbonyl (C=O) groups is 2. The van der Waals surface area contributed by atoms with Crippen LogP contribution in [0.1, 0.15) is 62.3 Å². The molecule has 0 aromatic carbocycles. The maximum absolute atomic E-state index is 13.2. The Kier molecular flexibility index (Phi) is 11.6. The van der Waals surface area contributed by atoms with Crippen LogP contribution in [0.25, 0.3) is 0 Å². The van der Waals surface area contributed by atoms with E-state index in [1.165, 1.54) is 6.08 Å². The Bertz CT molecular complexity index is 644. The van der Waals surface area contributed by atoms with Gasteiger partial charge in [-0.1, -0.05) is 54.5 Å². The van der Waals surface area contributed by atoms with Gasteiger partial charge in [0, 0.05) is 12.0 Å². The van der Waals surface area contributed by atoms with Gasteiger partial charge in [-0.25, -0.2) is 9.59 Å². The van der Waals surface area contributed by atoms with Crippen LogP contribution in [0.3, 0.4) is 0 Å². The van der Waals surface area contributed by atoms with Gasteiger partial charge in [-0.15, -0.1) is 0 Å². The zero-order valence-electron chi connectivity index (χ0n) is 22.8. The normalized spacial score (nSPS) is 16.5. The highest BCUT2D eigenvalue weighted by Crippen LogP contribution is 2.41. The van der Waals surface area contributed by atoms with E-state index in [1.54, 1.807) is 19.9 Å². The van der Waals surface area contributed by atoms with Crippen LogP contribution in [-0.4, -0.2) is 54.0 Å². The van der Waals surface area contributed by atoms with Crippen LogP contribution in [0.4, 0.5) is 0 Å². The van der Waals surface area contributed by atoms with Crippen LogP contribution in [0, 0.1) is 5.92 Å². The van der Waals surface area contributed by atoms with E-state index in [1.807, 2.05) is 6.92 Å². The molecular weight excluding hydrogens is 440 g/mol. The number of esters is 2. The Morgan fingerprint density at radius 2 is 1.25 bits per heavy atom. The van der Waals surface area contributed by atoms with Gasteiger partial charge >= 0.3 is 11.9 Å². The van der Waals surface area contributed by atoms with E-state index in [-0.39, 0.29) is 22.6 Å². The van der Waals surface area contributed by atoms with Crippen molar-refractivity contribution in [1.82, 2.24) is 0 Å². The first-order chi connectivity index (χ1) is 14.3. The lowest BCUT2D eigenvalue weighted by molar-refractivity contribution is -0.158. The molecule has 0 aliphatic rings. The first-order valence-electron chi connectivity index (χ1n) is 11.7. The molecule has 0 aliphatic carbocycles. The van der Waals surface area contributed by atoms with Gasteiger partial charge < -0.3 is 18.3 Å². The van der Waals surface area contributed by atoms with E-state index < -0.39 is 40.8 Å². The number of carbonyl (C=O) groups excluding carboxylic acids is 2. The van der Waals surface area contributed by atoms with Crippen molar-refractivity contribution >= 4 is 28.6 Å². The maximum atomic E-state index is 13.2. The van der Waals surface area contributed by atoms with Gasteiger partial charge in [-0.05, 0) is 50.1 Å². The van der Waals surface area contributed by atoms with E-state index in [0.29, 0.717) is 6.61 Å². The molecule has 8 heteroatoms. The largest absolute Gasteiger partial charge is 0.464 e. The first-order valence-corrected chi connectivity index (χ1v) is 17.5. The average Bonchev–Trinajstić information content (AvgIpc) is 2.61. The minimum atomic E-state index is -2.33. The maximum Gasteiger partial charge on any atom is 0.336 e. The fraction of sp³-hybridized carbons (Fsp3) is 0.833. The first kappa shape index (κ1) is 31.0. The lowest BCUT2D eigenvalue weighted by Crippen LogP contribution is -2.56. The average molecular weight is 489 g/mol. The third-order valence-corrected chi connectivity index (χ3v) is 15.6. The van der Waals surface area contributed by atoms with E-state index >= 15 is 0 Å². The second-order valence-corrected chi connectivity index (χ2v) is 20.9. The molecule has 0 unspecified atom stereocenters. The molecule has 0 aromatic heterocycles. The monoisotopic (exact) mass is 488 g/mol. The lowest BCUT2D eigenvalue weighted by atomic mass is 9.99. The SMILES string of the molecule is CCOC(=O)/C=C/[C@H](C)[C@H](O[Si](C)(C)C(C)(C)C)[C@@H](O[Si](C)(C)C(C)(C)C)C(=O)OCC. The summed E-state index contributed by atoms with van der Waals surface area (Å²) in [5.41, 5.74) is 0. The predicted octanol–water partition coefficient (Wildman–Crippen LogP) is 6.09. The molecule has 0 radical (unpaired) electrons. The van der Waals surface area contributed by atoms with E-state index in [9.17, 15) is 9.59 Å². The molecule has 0 spiro atoms. The van der Waals surface area contributed by atoms with Crippen molar-refractivity contribution in [2.75, 3.05) is 13.2 Å². The highest BCUT2D eigenvalue weighted by molar-refractivity contribution is 6.74. The zero-order chi connectivity index (χ0) is 25.5. The van der Waals surface area contributed by atoms with E-state index in [4.69, 9.17) is 18.3 Å². The molecule has 0 rings (SSSR count). The van der Waals surface area contributed by atoms with Crippen LogP contribution >= 0.6 is 0 Å². The van der Waals surface area contributed by atoms with Gasteiger partial charge in [0.15, 0.2) is 22.7 Å². The summed E-state index contributed by atoms with van der Waals surface area (Å²) in [6, 6.07) is 0. The summed E-state index contributed by atoms with van der Waals surface area (Å²) < 4.78 is 23.9. The fourth-order valence-electron chi connectivity index (χ4n) is 2.46.